The highest BCUT2D eigenvalue weighted by Crippen LogP contribution is 2.34. The van der Waals surface area contributed by atoms with Gasteiger partial charge in [-0.25, -0.2) is 14.8 Å². The number of ether oxygens (including phenoxy) is 1. The third-order valence-corrected chi connectivity index (χ3v) is 6.35. The smallest absolute Gasteiger partial charge is 0.414 e. The molecule has 34 heavy (non-hydrogen) atoms. The zero-order valence-corrected chi connectivity index (χ0v) is 21.3. The molecule has 0 aliphatic rings. The lowest BCUT2D eigenvalue weighted by atomic mass is 10.1. The van der Waals surface area contributed by atoms with Crippen molar-refractivity contribution in [1.82, 2.24) is 9.97 Å². The van der Waals surface area contributed by atoms with Gasteiger partial charge in [0.25, 0.3) is 0 Å². The molecule has 2 aromatic heterocycles. The van der Waals surface area contributed by atoms with Gasteiger partial charge >= 0.3 is 6.09 Å². The Bertz CT molecular complexity index is 1290. The summed E-state index contributed by atoms with van der Waals surface area (Å²) in [5.74, 6) is 0.933. The number of nitrogens with zero attached hydrogens (tertiary/aromatic N) is 4. The van der Waals surface area contributed by atoms with Gasteiger partial charge in [-0.1, -0.05) is 24.3 Å². The Morgan fingerprint density at radius 1 is 0.971 bits per heavy atom. The summed E-state index contributed by atoms with van der Waals surface area (Å²) in [5, 5.41) is 0.945. The maximum Gasteiger partial charge on any atom is 0.414 e. The molecule has 0 radical (unpaired) electrons. The Balaban J connectivity index is 1.57. The van der Waals surface area contributed by atoms with Crippen molar-refractivity contribution in [2.24, 2.45) is 0 Å². The summed E-state index contributed by atoms with van der Waals surface area (Å²) in [6.45, 7) is 8.09. The van der Waals surface area contributed by atoms with Crippen LogP contribution >= 0.6 is 11.3 Å². The number of carbonyl (C=O) groups is 1. The summed E-state index contributed by atoms with van der Waals surface area (Å²) >= 11 is 1.62. The van der Waals surface area contributed by atoms with E-state index in [0.29, 0.717) is 6.54 Å². The SMILES string of the molecule is CCN(C(=O)OC(C)(C)C)c1ccc2nc(-c3ccc(-c4ccc(N(C)C)nc4)cc3)sc2c1. The van der Waals surface area contributed by atoms with Gasteiger partial charge in [0.1, 0.15) is 16.4 Å². The molecule has 0 aliphatic carbocycles. The maximum absolute atomic E-state index is 12.6. The van der Waals surface area contributed by atoms with E-state index in [-0.39, 0.29) is 6.09 Å². The standard InChI is InChI=1S/C27H30N4O2S/c1-7-31(26(32)33-27(2,3)4)21-13-14-22-23(16-21)34-25(29-22)19-10-8-18(9-11-19)20-12-15-24(28-17-20)30(5)6/h8-17H,7H2,1-6H3. The van der Waals surface area contributed by atoms with Gasteiger partial charge in [0.2, 0.25) is 0 Å². The number of rotatable bonds is 5. The van der Waals surface area contributed by atoms with E-state index >= 15 is 0 Å². The normalized spacial score (nSPS) is 11.5. The molecular weight excluding hydrogens is 444 g/mol. The highest BCUT2D eigenvalue weighted by atomic mass is 32.1. The number of fused-ring (bicyclic) bond motifs is 1. The molecule has 0 bridgehead atoms. The van der Waals surface area contributed by atoms with Crippen LogP contribution in [0.15, 0.2) is 60.8 Å². The van der Waals surface area contributed by atoms with Gasteiger partial charge in [0.15, 0.2) is 0 Å². The highest BCUT2D eigenvalue weighted by molar-refractivity contribution is 7.21. The van der Waals surface area contributed by atoms with Gasteiger partial charge in [0, 0.05) is 43.7 Å². The molecule has 1 amide bonds. The minimum Gasteiger partial charge on any atom is -0.443 e. The van der Waals surface area contributed by atoms with Gasteiger partial charge in [-0.05, 0) is 63.6 Å². The molecule has 2 heterocycles. The van der Waals surface area contributed by atoms with E-state index in [9.17, 15) is 4.79 Å². The van der Waals surface area contributed by atoms with Crippen LogP contribution in [0.2, 0.25) is 0 Å². The summed E-state index contributed by atoms with van der Waals surface area (Å²) in [6.07, 6.45) is 1.55. The molecule has 0 unspecified atom stereocenters. The van der Waals surface area contributed by atoms with E-state index in [1.165, 1.54) is 0 Å². The molecule has 0 N–H and O–H groups in total. The molecule has 4 rings (SSSR count). The van der Waals surface area contributed by atoms with E-state index in [1.807, 2.05) is 77.2 Å². The van der Waals surface area contributed by atoms with Crippen molar-refractivity contribution < 1.29 is 9.53 Å². The van der Waals surface area contributed by atoms with Crippen LogP contribution in [0.1, 0.15) is 27.7 Å². The summed E-state index contributed by atoms with van der Waals surface area (Å²) in [7, 11) is 3.96. The molecule has 6 nitrogen and oxygen atoms in total. The van der Waals surface area contributed by atoms with E-state index < -0.39 is 5.60 Å². The average molecular weight is 475 g/mol. The molecule has 0 atom stereocenters. The Hall–Kier alpha value is -3.45. The van der Waals surface area contributed by atoms with Crippen molar-refractivity contribution in [3.8, 4) is 21.7 Å². The van der Waals surface area contributed by atoms with Crippen LogP contribution in [-0.2, 0) is 4.74 Å². The topological polar surface area (TPSA) is 58.6 Å². The van der Waals surface area contributed by atoms with Gasteiger partial charge in [-0.3, -0.25) is 4.90 Å². The minimum atomic E-state index is -0.539. The molecule has 0 saturated carbocycles. The van der Waals surface area contributed by atoms with Crippen molar-refractivity contribution in [2.45, 2.75) is 33.3 Å². The highest BCUT2D eigenvalue weighted by Gasteiger charge is 2.22. The van der Waals surface area contributed by atoms with Crippen LogP contribution in [0.5, 0.6) is 0 Å². The number of carbonyl (C=O) groups excluding carboxylic acids is 1. The second-order valence-corrected chi connectivity index (χ2v) is 10.3. The lowest BCUT2D eigenvalue weighted by Crippen LogP contribution is -2.36. The number of thiazole rings is 1. The molecule has 176 valence electrons. The summed E-state index contributed by atoms with van der Waals surface area (Å²) in [5.41, 5.74) is 4.43. The fraction of sp³-hybridized carbons (Fsp3) is 0.296. The number of benzene rings is 2. The second kappa shape index (κ2) is 9.43. The Labute approximate surface area is 204 Å². The number of hydrogen-bond donors (Lipinski definition) is 0. The predicted octanol–water partition coefficient (Wildman–Crippen LogP) is 6.85. The van der Waals surface area contributed by atoms with Crippen molar-refractivity contribution in [1.29, 1.82) is 0 Å². The quantitative estimate of drug-likeness (QED) is 0.316. The van der Waals surface area contributed by atoms with Gasteiger partial charge in [0.05, 0.1) is 10.2 Å². The molecule has 0 spiro atoms. The van der Waals surface area contributed by atoms with Crippen LogP contribution in [0.4, 0.5) is 16.3 Å². The number of anilines is 2. The van der Waals surface area contributed by atoms with Crippen LogP contribution in [0, 0.1) is 0 Å². The molecule has 4 aromatic rings. The van der Waals surface area contributed by atoms with E-state index in [4.69, 9.17) is 9.72 Å². The molecule has 0 fully saturated rings. The van der Waals surface area contributed by atoms with Crippen LogP contribution in [0.25, 0.3) is 31.9 Å². The van der Waals surface area contributed by atoms with Gasteiger partial charge in [-0.2, -0.15) is 0 Å². The second-order valence-electron chi connectivity index (χ2n) is 9.27. The van der Waals surface area contributed by atoms with Crippen molar-refractivity contribution in [2.75, 3.05) is 30.4 Å². The number of aromatic nitrogens is 2. The van der Waals surface area contributed by atoms with Gasteiger partial charge < -0.3 is 9.64 Å². The number of amides is 1. The van der Waals surface area contributed by atoms with Crippen molar-refractivity contribution in [3.05, 3.63) is 60.8 Å². The number of hydrogen-bond acceptors (Lipinski definition) is 6. The molecular formula is C27H30N4O2S. The Kier molecular flexibility index (Phi) is 6.57. The Morgan fingerprint density at radius 2 is 1.65 bits per heavy atom. The molecule has 7 heteroatoms. The van der Waals surface area contributed by atoms with Gasteiger partial charge in [-0.15, -0.1) is 11.3 Å². The fourth-order valence-corrected chi connectivity index (χ4v) is 4.57. The largest absolute Gasteiger partial charge is 0.443 e. The zero-order chi connectivity index (χ0) is 24.5. The first-order valence-electron chi connectivity index (χ1n) is 11.3. The lowest BCUT2D eigenvalue weighted by Gasteiger charge is -2.26. The monoisotopic (exact) mass is 474 g/mol. The maximum atomic E-state index is 12.6. The average Bonchev–Trinajstić information content (AvgIpc) is 3.22. The lowest BCUT2D eigenvalue weighted by molar-refractivity contribution is 0.0582. The van der Waals surface area contributed by atoms with E-state index in [1.54, 1.807) is 16.2 Å². The predicted molar refractivity (Wildman–Crippen MR) is 142 cm³/mol. The van der Waals surface area contributed by atoms with E-state index in [0.717, 1.165) is 43.4 Å². The zero-order valence-electron chi connectivity index (χ0n) is 20.5. The number of pyridine rings is 1. The first kappa shape index (κ1) is 23.7. The first-order valence-corrected chi connectivity index (χ1v) is 12.1. The third kappa shape index (κ3) is 5.20. The molecule has 0 aliphatic heterocycles. The summed E-state index contributed by atoms with van der Waals surface area (Å²) in [6, 6.07) is 18.4. The summed E-state index contributed by atoms with van der Waals surface area (Å²) in [4.78, 5) is 25.6. The van der Waals surface area contributed by atoms with Crippen LogP contribution in [-0.4, -0.2) is 42.3 Å². The molecule has 0 saturated heterocycles. The third-order valence-electron chi connectivity index (χ3n) is 5.29. The summed E-state index contributed by atoms with van der Waals surface area (Å²) < 4.78 is 6.60. The minimum absolute atomic E-state index is 0.345. The Morgan fingerprint density at radius 3 is 2.24 bits per heavy atom. The molecule has 2 aromatic carbocycles. The fourth-order valence-electron chi connectivity index (χ4n) is 3.57. The first-order chi connectivity index (χ1) is 16.1. The van der Waals surface area contributed by atoms with Crippen LogP contribution in [0.3, 0.4) is 0 Å². The van der Waals surface area contributed by atoms with Crippen molar-refractivity contribution >= 4 is 39.2 Å². The van der Waals surface area contributed by atoms with E-state index in [2.05, 4.69) is 35.3 Å². The van der Waals surface area contributed by atoms with Crippen molar-refractivity contribution in [3.63, 3.8) is 0 Å². The van der Waals surface area contributed by atoms with Crippen LogP contribution < -0.4 is 9.80 Å².